The Morgan fingerprint density at radius 3 is 2.00 bits per heavy atom. The van der Waals surface area contributed by atoms with Crippen LogP contribution in [0, 0.1) is 0 Å². The number of aryl methyl sites for hydroxylation is 1. The Kier molecular flexibility index (Phi) is 7.76. The molecular formula is C25H13NNa2O7. The topological polar surface area (TPSA) is 129 Å². The van der Waals surface area contributed by atoms with E-state index in [0.29, 0.717) is 27.6 Å². The summed E-state index contributed by atoms with van der Waals surface area (Å²) in [6.07, 6.45) is 0. The molecule has 0 N–H and O–H groups in total. The van der Waals surface area contributed by atoms with Gasteiger partial charge in [-0.25, -0.2) is 0 Å². The molecule has 0 atom stereocenters. The molecule has 35 heavy (non-hydrogen) atoms. The molecule has 0 aliphatic heterocycles. The molecule has 4 aromatic rings. The molecule has 8 nitrogen and oxygen atoms in total. The van der Waals surface area contributed by atoms with Crippen molar-refractivity contribution in [2.75, 3.05) is 0 Å². The van der Waals surface area contributed by atoms with Gasteiger partial charge in [-0.15, -0.1) is 0 Å². The van der Waals surface area contributed by atoms with E-state index in [4.69, 9.17) is 4.74 Å². The first-order valence-electron chi connectivity index (χ1n) is 9.82. The van der Waals surface area contributed by atoms with Gasteiger partial charge in [0.2, 0.25) is 0 Å². The third-order valence-electron chi connectivity index (χ3n) is 5.67. The van der Waals surface area contributed by atoms with Crippen molar-refractivity contribution in [3.63, 3.8) is 0 Å². The van der Waals surface area contributed by atoms with Crippen LogP contribution in [0.4, 0.5) is 0 Å². The number of carboxylic acids is 2. The van der Waals surface area contributed by atoms with Crippen molar-refractivity contribution < 1.29 is 88.4 Å². The van der Waals surface area contributed by atoms with E-state index in [2.05, 4.69) is 0 Å². The predicted octanol–water partition coefficient (Wildman–Crippen LogP) is -4.72. The van der Waals surface area contributed by atoms with Gasteiger partial charge in [0, 0.05) is 35.2 Å². The number of fused-ring (bicyclic) bond motifs is 2. The van der Waals surface area contributed by atoms with Crippen molar-refractivity contribution in [2.45, 2.75) is 0 Å². The van der Waals surface area contributed by atoms with Gasteiger partial charge >= 0.3 is 59.1 Å². The first kappa shape index (κ1) is 26.9. The van der Waals surface area contributed by atoms with E-state index in [1.165, 1.54) is 16.7 Å². The second-order valence-corrected chi connectivity index (χ2v) is 7.59. The Morgan fingerprint density at radius 1 is 0.800 bits per heavy atom. The molecule has 5 rings (SSSR count). The zero-order valence-corrected chi connectivity index (χ0v) is 23.1. The molecular weight excluding hydrogens is 472 g/mol. The summed E-state index contributed by atoms with van der Waals surface area (Å²) in [7, 11) is 1.59. The van der Waals surface area contributed by atoms with Gasteiger partial charge in [-0.05, 0) is 41.5 Å². The van der Waals surface area contributed by atoms with Crippen molar-refractivity contribution in [1.82, 2.24) is 4.57 Å². The summed E-state index contributed by atoms with van der Waals surface area (Å²) in [6, 6.07) is 14.5. The first-order chi connectivity index (χ1) is 15.8. The smallest absolute Gasteiger partial charge is 0.545 e. The monoisotopic (exact) mass is 485 g/mol. The molecule has 3 aromatic carbocycles. The zero-order chi connectivity index (χ0) is 23.4. The van der Waals surface area contributed by atoms with Crippen molar-refractivity contribution in [1.29, 1.82) is 0 Å². The van der Waals surface area contributed by atoms with Gasteiger partial charge in [-0.1, -0.05) is 24.3 Å². The maximum Gasteiger partial charge on any atom is 1.00 e. The standard InChI is InChI=1S/C25H15NO7.2Na/c1-26-18-6-7-19(33-14-9-12(24(29)30)8-13(10-14)25(31)32)22-21(18)17(11-20(26)27)15-4-2-3-5-16(15)23(22)28;;/h2-11H,1H3,(H,29,30)(H,31,32);;/q;2*+1/p-2. The number of hydrogen-bond acceptors (Lipinski definition) is 7. The molecule has 1 aliphatic rings. The van der Waals surface area contributed by atoms with Crippen LogP contribution in [0.5, 0.6) is 11.5 Å². The Morgan fingerprint density at radius 2 is 1.40 bits per heavy atom. The number of rotatable bonds is 4. The number of aromatic carboxylic acids is 2. The quantitative estimate of drug-likeness (QED) is 0.234. The normalized spacial score (nSPS) is 11.2. The second-order valence-electron chi connectivity index (χ2n) is 7.59. The minimum Gasteiger partial charge on any atom is -0.545 e. The Hall–Kier alpha value is -2.72. The summed E-state index contributed by atoms with van der Waals surface area (Å²) in [5.41, 5.74) is 1.20. The van der Waals surface area contributed by atoms with E-state index < -0.39 is 23.1 Å². The van der Waals surface area contributed by atoms with Crippen LogP contribution >= 0.6 is 0 Å². The van der Waals surface area contributed by atoms with Crippen LogP contribution in [-0.2, 0) is 7.05 Å². The third kappa shape index (κ3) is 4.49. The number of nitrogens with zero attached hydrogens (tertiary/aromatic N) is 1. The van der Waals surface area contributed by atoms with E-state index in [1.54, 1.807) is 37.4 Å². The number of carboxylic acid groups (broad SMARTS) is 2. The van der Waals surface area contributed by atoms with Gasteiger partial charge in [0.1, 0.15) is 11.5 Å². The fourth-order valence-electron chi connectivity index (χ4n) is 4.13. The molecule has 1 aliphatic carbocycles. The fraction of sp³-hybridized carbons (Fsp3) is 0.0400. The SMILES string of the molecule is Cn1c(=O)cc2c3c(c(Oc4cc(C(=O)[O-])cc(C(=O)[O-])c4)ccc31)C(=O)c1ccccc1-2.[Na+].[Na+]. The summed E-state index contributed by atoms with van der Waals surface area (Å²) in [5, 5.41) is 23.2. The van der Waals surface area contributed by atoms with Crippen LogP contribution in [-0.4, -0.2) is 22.3 Å². The minimum absolute atomic E-state index is 0. The van der Waals surface area contributed by atoms with E-state index in [1.807, 2.05) is 0 Å². The maximum absolute atomic E-state index is 13.5. The molecule has 0 radical (unpaired) electrons. The fourth-order valence-corrected chi connectivity index (χ4v) is 4.13. The number of carbonyl (C=O) groups excluding carboxylic acids is 3. The van der Waals surface area contributed by atoms with Crippen molar-refractivity contribution in [2.24, 2.45) is 7.05 Å². The number of ether oxygens (including phenoxy) is 1. The molecule has 0 bridgehead atoms. The molecule has 162 valence electrons. The summed E-state index contributed by atoms with van der Waals surface area (Å²) < 4.78 is 7.26. The number of benzene rings is 3. The van der Waals surface area contributed by atoms with Crippen molar-refractivity contribution in [3.8, 4) is 22.6 Å². The van der Waals surface area contributed by atoms with Crippen LogP contribution in [0.2, 0.25) is 0 Å². The van der Waals surface area contributed by atoms with Gasteiger partial charge in [0.05, 0.1) is 23.0 Å². The Labute approximate surface area is 242 Å². The third-order valence-corrected chi connectivity index (χ3v) is 5.67. The van der Waals surface area contributed by atoms with Gasteiger partial charge in [-0.2, -0.15) is 0 Å². The maximum atomic E-state index is 13.5. The molecule has 0 saturated heterocycles. The van der Waals surface area contributed by atoms with E-state index in [0.717, 1.165) is 18.2 Å². The van der Waals surface area contributed by atoms with E-state index in [9.17, 15) is 29.4 Å². The largest absolute Gasteiger partial charge is 1.00 e. The molecule has 0 saturated carbocycles. The van der Waals surface area contributed by atoms with E-state index in [-0.39, 0.29) is 87.5 Å². The summed E-state index contributed by atoms with van der Waals surface area (Å²) >= 11 is 0. The summed E-state index contributed by atoms with van der Waals surface area (Å²) in [6.45, 7) is 0. The van der Waals surface area contributed by atoms with Gasteiger partial charge in [0.15, 0.2) is 5.78 Å². The molecule has 0 fully saturated rings. The van der Waals surface area contributed by atoms with Crippen LogP contribution in [0.15, 0.2) is 65.5 Å². The predicted molar refractivity (Wildman–Crippen MR) is 113 cm³/mol. The summed E-state index contributed by atoms with van der Waals surface area (Å²) in [4.78, 5) is 48.7. The Bertz CT molecular complexity index is 1580. The molecule has 0 amide bonds. The van der Waals surface area contributed by atoms with Crippen LogP contribution < -0.4 is 79.6 Å². The zero-order valence-electron chi connectivity index (χ0n) is 19.1. The molecule has 1 heterocycles. The number of ketones is 1. The average molecular weight is 485 g/mol. The van der Waals surface area contributed by atoms with Crippen LogP contribution in [0.25, 0.3) is 22.0 Å². The molecule has 1 aromatic heterocycles. The van der Waals surface area contributed by atoms with Crippen molar-refractivity contribution >= 4 is 28.6 Å². The van der Waals surface area contributed by atoms with E-state index >= 15 is 0 Å². The number of hydrogen-bond donors (Lipinski definition) is 0. The number of aromatic nitrogens is 1. The molecule has 0 unspecified atom stereocenters. The second kappa shape index (κ2) is 10.1. The summed E-state index contributed by atoms with van der Waals surface area (Å²) in [5.74, 6) is -3.56. The number of carbonyl (C=O) groups is 3. The minimum atomic E-state index is -1.59. The average Bonchev–Trinajstić information content (AvgIpc) is 2.80. The Balaban J connectivity index is 0.00000171. The van der Waals surface area contributed by atoms with Crippen molar-refractivity contribution in [3.05, 3.63) is 93.3 Å². The van der Waals surface area contributed by atoms with Crippen LogP contribution in [0.1, 0.15) is 36.6 Å². The van der Waals surface area contributed by atoms with Crippen LogP contribution in [0.3, 0.4) is 0 Å². The molecule has 0 spiro atoms. The van der Waals surface area contributed by atoms with Gasteiger partial charge in [-0.3, -0.25) is 9.59 Å². The van der Waals surface area contributed by atoms with Gasteiger partial charge in [0.25, 0.3) is 5.56 Å². The number of pyridine rings is 1. The molecule has 10 heteroatoms. The van der Waals surface area contributed by atoms with Gasteiger partial charge < -0.3 is 29.1 Å². The first-order valence-corrected chi connectivity index (χ1v) is 9.82.